The zero-order valence-corrected chi connectivity index (χ0v) is 14.6. The van der Waals surface area contributed by atoms with E-state index in [1.165, 1.54) is 6.92 Å². The number of nitro benzene ring substituents is 2. The largest absolute Gasteiger partial charge is 0.353 e. The fourth-order valence-corrected chi connectivity index (χ4v) is 3.05. The van der Waals surface area contributed by atoms with Crippen LogP contribution in [0.25, 0.3) is 0 Å². The minimum absolute atomic E-state index is 0.0119. The molecule has 0 unspecified atom stereocenters. The molecule has 0 N–H and O–H groups in total. The van der Waals surface area contributed by atoms with Crippen molar-refractivity contribution in [1.29, 1.82) is 0 Å². The van der Waals surface area contributed by atoms with Crippen molar-refractivity contribution in [2.24, 2.45) is 0 Å². The van der Waals surface area contributed by atoms with Crippen LogP contribution in [-0.2, 0) is 0 Å². The monoisotopic (exact) mass is 371 g/mol. The number of non-ortho nitro benzene ring substituents is 1. The fourth-order valence-electron chi connectivity index (χ4n) is 3.05. The summed E-state index contributed by atoms with van der Waals surface area (Å²) in [5, 5.41) is 22.3. The topological polar surface area (TPSA) is 123 Å². The fraction of sp³-hybridized carbons (Fsp3) is 0.294. The molecular formula is C17H17N5O5. The normalized spacial score (nSPS) is 14.1. The molecule has 2 heterocycles. The number of aromatic nitrogens is 1. The number of benzene rings is 1. The van der Waals surface area contributed by atoms with E-state index in [9.17, 15) is 25.0 Å². The van der Waals surface area contributed by atoms with Crippen LogP contribution in [0.5, 0.6) is 0 Å². The number of nitro groups is 2. The zero-order chi connectivity index (χ0) is 19.6. The van der Waals surface area contributed by atoms with Crippen molar-refractivity contribution in [2.75, 3.05) is 31.1 Å². The van der Waals surface area contributed by atoms with Gasteiger partial charge in [0.1, 0.15) is 5.82 Å². The summed E-state index contributed by atoms with van der Waals surface area (Å²) in [7, 11) is 0. The minimum Gasteiger partial charge on any atom is -0.353 e. The van der Waals surface area contributed by atoms with Crippen LogP contribution in [0.15, 0.2) is 36.5 Å². The molecule has 27 heavy (non-hydrogen) atoms. The average molecular weight is 371 g/mol. The molecule has 0 atom stereocenters. The zero-order valence-electron chi connectivity index (χ0n) is 14.6. The maximum absolute atomic E-state index is 12.9. The van der Waals surface area contributed by atoms with Crippen molar-refractivity contribution in [1.82, 2.24) is 9.88 Å². The van der Waals surface area contributed by atoms with Crippen molar-refractivity contribution in [3.8, 4) is 0 Å². The van der Waals surface area contributed by atoms with Gasteiger partial charge in [-0.05, 0) is 19.1 Å². The molecule has 10 heteroatoms. The van der Waals surface area contributed by atoms with Gasteiger partial charge in [0.05, 0.1) is 21.5 Å². The second-order valence-corrected chi connectivity index (χ2v) is 6.12. The molecule has 1 aromatic carbocycles. The van der Waals surface area contributed by atoms with Gasteiger partial charge in [-0.1, -0.05) is 6.07 Å². The van der Waals surface area contributed by atoms with E-state index in [1.807, 2.05) is 23.1 Å². The van der Waals surface area contributed by atoms with E-state index in [0.717, 1.165) is 18.0 Å². The molecule has 1 saturated heterocycles. The highest BCUT2D eigenvalue weighted by molar-refractivity contribution is 5.97. The molecule has 0 radical (unpaired) electrons. The van der Waals surface area contributed by atoms with E-state index in [2.05, 4.69) is 4.98 Å². The Kier molecular flexibility index (Phi) is 4.97. The number of amides is 1. The van der Waals surface area contributed by atoms with Crippen molar-refractivity contribution in [3.05, 3.63) is 67.9 Å². The third kappa shape index (κ3) is 3.68. The van der Waals surface area contributed by atoms with Gasteiger partial charge in [0.15, 0.2) is 0 Å². The van der Waals surface area contributed by atoms with E-state index in [0.29, 0.717) is 26.2 Å². The lowest BCUT2D eigenvalue weighted by Gasteiger charge is -2.35. The first kappa shape index (κ1) is 18.2. The highest BCUT2D eigenvalue weighted by Gasteiger charge is 2.29. The van der Waals surface area contributed by atoms with Crippen LogP contribution in [0.4, 0.5) is 17.2 Å². The van der Waals surface area contributed by atoms with E-state index in [4.69, 9.17) is 0 Å². The predicted molar refractivity (Wildman–Crippen MR) is 96.8 cm³/mol. The van der Waals surface area contributed by atoms with E-state index in [-0.39, 0.29) is 11.1 Å². The molecule has 3 rings (SSSR count). The quantitative estimate of drug-likeness (QED) is 0.596. The van der Waals surface area contributed by atoms with Crippen molar-refractivity contribution in [3.63, 3.8) is 0 Å². The number of carbonyl (C=O) groups excluding carboxylic acids is 1. The van der Waals surface area contributed by atoms with Crippen LogP contribution in [0.3, 0.4) is 0 Å². The number of rotatable bonds is 4. The summed E-state index contributed by atoms with van der Waals surface area (Å²) in [4.78, 5) is 41.6. The molecule has 1 aliphatic heterocycles. The SMILES string of the molecule is Cc1c(C(=O)N2CCN(c3ccccn3)CC2)cc([N+](=O)[O-])cc1[N+](=O)[O-]. The van der Waals surface area contributed by atoms with Crippen molar-refractivity contribution < 1.29 is 14.6 Å². The number of hydrogen-bond acceptors (Lipinski definition) is 7. The maximum Gasteiger partial charge on any atom is 0.279 e. The Bertz CT molecular complexity index is 894. The van der Waals surface area contributed by atoms with Gasteiger partial charge in [0, 0.05) is 44.0 Å². The molecule has 0 saturated carbocycles. The summed E-state index contributed by atoms with van der Waals surface area (Å²) < 4.78 is 0. The second-order valence-electron chi connectivity index (χ2n) is 6.12. The predicted octanol–water partition coefficient (Wildman–Crippen LogP) is 2.17. The Balaban J connectivity index is 1.82. The number of anilines is 1. The molecular weight excluding hydrogens is 354 g/mol. The van der Waals surface area contributed by atoms with Gasteiger partial charge in [-0.15, -0.1) is 0 Å². The minimum atomic E-state index is -0.734. The number of hydrogen-bond donors (Lipinski definition) is 0. The summed E-state index contributed by atoms with van der Waals surface area (Å²) in [5.74, 6) is 0.367. The van der Waals surface area contributed by atoms with Crippen LogP contribution in [-0.4, -0.2) is 51.8 Å². The standard InChI is InChI=1S/C17H17N5O5/c1-12-14(10-13(21(24)25)11-15(12)22(26)27)17(23)20-8-6-19(7-9-20)16-4-2-3-5-18-16/h2-5,10-11H,6-9H2,1H3. The van der Waals surface area contributed by atoms with Crippen LogP contribution in [0.1, 0.15) is 15.9 Å². The van der Waals surface area contributed by atoms with Crippen molar-refractivity contribution >= 4 is 23.1 Å². The van der Waals surface area contributed by atoms with Gasteiger partial charge in [-0.3, -0.25) is 25.0 Å². The van der Waals surface area contributed by atoms with Crippen LogP contribution < -0.4 is 4.90 Å². The van der Waals surface area contributed by atoms with Gasteiger partial charge in [-0.25, -0.2) is 4.98 Å². The van der Waals surface area contributed by atoms with E-state index in [1.54, 1.807) is 11.1 Å². The third-order valence-electron chi connectivity index (χ3n) is 4.54. The van der Waals surface area contributed by atoms with Crippen LogP contribution in [0.2, 0.25) is 0 Å². The number of nitrogens with zero attached hydrogens (tertiary/aromatic N) is 5. The molecule has 140 valence electrons. The molecule has 1 fully saturated rings. The molecule has 0 spiro atoms. The Labute approximate surface area is 154 Å². The molecule has 0 bridgehead atoms. The van der Waals surface area contributed by atoms with Crippen molar-refractivity contribution in [2.45, 2.75) is 6.92 Å². The molecule has 1 aliphatic rings. The lowest BCUT2D eigenvalue weighted by Crippen LogP contribution is -2.49. The first-order chi connectivity index (χ1) is 12.9. The summed E-state index contributed by atoms with van der Waals surface area (Å²) in [6.45, 7) is 3.33. The summed E-state index contributed by atoms with van der Waals surface area (Å²) in [6, 6.07) is 7.57. The summed E-state index contributed by atoms with van der Waals surface area (Å²) in [6.07, 6.45) is 1.69. The Hall–Kier alpha value is -3.56. The Morgan fingerprint density at radius 2 is 1.78 bits per heavy atom. The highest BCUT2D eigenvalue weighted by Crippen LogP contribution is 2.29. The second kappa shape index (κ2) is 7.36. The van der Waals surface area contributed by atoms with Gasteiger partial charge >= 0.3 is 0 Å². The number of pyridine rings is 1. The van der Waals surface area contributed by atoms with Crippen LogP contribution in [0, 0.1) is 27.2 Å². The Morgan fingerprint density at radius 1 is 1.07 bits per heavy atom. The third-order valence-corrected chi connectivity index (χ3v) is 4.54. The van der Waals surface area contributed by atoms with Crippen LogP contribution >= 0.6 is 0 Å². The van der Waals surface area contributed by atoms with Gasteiger partial charge in [-0.2, -0.15) is 0 Å². The molecule has 2 aromatic rings. The maximum atomic E-state index is 12.9. The smallest absolute Gasteiger partial charge is 0.279 e. The average Bonchev–Trinajstić information content (AvgIpc) is 2.68. The number of piperazine rings is 1. The molecule has 10 nitrogen and oxygen atoms in total. The highest BCUT2D eigenvalue weighted by atomic mass is 16.6. The lowest BCUT2D eigenvalue weighted by molar-refractivity contribution is -0.394. The van der Waals surface area contributed by atoms with Gasteiger partial charge < -0.3 is 9.80 Å². The first-order valence-corrected chi connectivity index (χ1v) is 8.27. The van der Waals surface area contributed by atoms with Gasteiger partial charge in [0.2, 0.25) is 0 Å². The first-order valence-electron chi connectivity index (χ1n) is 8.27. The summed E-state index contributed by atoms with van der Waals surface area (Å²) >= 11 is 0. The molecule has 1 amide bonds. The molecule has 1 aromatic heterocycles. The lowest BCUT2D eigenvalue weighted by atomic mass is 10.0. The van der Waals surface area contributed by atoms with Gasteiger partial charge in [0.25, 0.3) is 17.3 Å². The summed E-state index contributed by atoms with van der Waals surface area (Å²) in [5.41, 5.74) is -0.785. The number of carbonyl (C=O) groups is 1. The Morgan fingerprint density at radius 3 is 2.33 bits per heavy atom. The van der Waals surface area contributed by atoms with E-state index >= 15 is 0 Å². The van der Waals surface area contributed by atoms with E-state index < -0.39 is 27.1 Å². The molecule has 0 aliphatic carbocycles.